The summed E-state index contributed by atoms with van der Waals surface area (Å²) in [4.78, 5) is 26.0. The molecule has 0 radical (unpaired) electrons. The van der Waals surface area contributed by atoms with Crippen LogP contribution in [0.25, 0.3) is 0 Å². The predicted octanol–water partition coefficient (Wildman–Crippen LogP) is 2.83. The fourth-order valence-corrected chi connectivity index (χ4v) is 2.57. The van der Waals surface area contributed by atoms with Crippen molar-refractivity contribution in [2.24, 2.45) is 0 Å². The van der Waals surface area contributed by atoms with Gasteiger partial charge in [-0.25, -0.2) is 0 Å². The molecule has 2 aromatic carbocycles. The van der Waals surface area contributed by atoms with Gasteiger partial charge >= 0.3 is 0 Å². The third kappa shape index (κ3) is 5.35. The van der Waals surface area contributed by atoms with Crippen LogP contribution in [0.1, 0.15) is 23.1 Å². The van der Waals surface area contributed by atoms with Crippen LogP contribution in [0.2, 0.25) is 0 Å². The van der Waals surface area contributed by atoms with E-state index in [0.717, 1.165) is 16.9 Å². The molecule has 0 unspecified atom stereocenters. The number of hydrogen-bond donors (Lipinski definition) is 1. The molecule has 0 aliphatic heterocycles. The third-order valence-corrected chi connectivity index (χ3v) is 4.33. The maximum Gasteiger partial charge on any atom is 0.239 e. The van der Waals surface area contributed by atoms with Crippen molar-refractivity contribution in [3.8, 4) is 18.1 Å². The Bertz CT molecular complexity index is 868. The van der Waals surface area contributed by atoms with E-state index in [1.54, 1.807) is 24.3 Å². The lowest BCUT2D eigenvalue weighted by Gasteiger charge is -2.22. The molecule has 5 heteroatoms. The molecule has 0 aliphatic carbocycles. The number of ether oxygens (including phenoxy) is 1. The van der Waals surface area contributed by atoms with Crippen LogP contribution in [0.15, 0.2) is 42.5 Å². The minimum Gasteiger partial charge on any atom is -0.493 e. The summed E-state index contributed by atoms with van der Waals surface area (Å²) >= 11 is 0. The summed E-state index contributed by atoms with van der Waals surface area (Å²) in [6.07, 6.45) is 5.58. The van der Waals surface area contributed by atoms with Crippen LogP contribution in [0.3, 0.4) is 0 Å². The molecule has 0 aliphatic rings. The van der Waals surface area contributed by atoms with Crippen molar-refractivity contribution in [3.05, 3.63) is 59.2 Å². The van der Waals surface area contributed by atoms with E-state index < -0.39 is 0 Å². The van der Waals surface area contributed by atoms with E-state index in [-0.39, 0.29) is 31.4 Å². The van der Waals surface area contributed by atoms with Gasteiger partial charge in [0.25, 0.3) is 0 Å². The van der Waals surface area contributed by atoms with Gasteiger partial charge in [0.15, 0.2) is 0 Å². The number of hydrogen-bond acceptors (Lipinski definition) is 3. The highest BCUT2D eigenvalue weighted by atomic mass is 16.5. The van der Waals surface area contributed by atoms with Crippen LogP contribution in [0.4, 0.5) is 5.69 Å². The van der Waals surface area contributed by atoms with E-state index in [1.807, 2.05) is 32.0 Å². The third-order valence-electron chi connectivity index (χ3n) is 4.33. The van der Waals surface area contributed by atoms with Crippen molar-refractivity contribution >= 4 is 17.5 Å². The Kier molecular flexibility index (Phi) is 7.01. The first-order chi connectivity index (χ1) is 13.0. The molecular formula is C22H24N2O3. The highest BCUT2D eigenvalue weighted by Crippen LogP contribution is 2.21. The molecule has 2 rings (SSSR count). The summed E-state index contributed by atoms with van der Waals surface area (Å²) in [6, 6.07) is 12.8. The van der Waals surface area contributed by atoms with Crippen LogP contribution >= 0.6 is 0 Å². The van der Waals surface area contributed by atoms with E-state index in [2.05, 4.69) is 11.2 Å². The lowest BCUT2D eigenvalue weighted by atomic mass is 10.1. The highest BCUT2D eigenvalue weighted by molar-refractivity contribution is 5.98. The van der Waals surface area contributed by atoms with Gasteiger partial charge in [0.05, 0.1) is 13.0 Å². The van der Waals surface area contributed by atoms with Crippen molar-refractivity contribution in [2.75, 3.05) is 25.1 Å². The molecule has 1 N–H and O–H groups in total. The fourth-order valence-electron chi connectivity index (χ4n) is 2.57. The second-order valence-electron chi connectivity index (χ2n) is 6.14. The second kappa shape index (κ2) is 9.44. The zero-order chi connectivity index (χ0) is 19.8. The standard InChI is InChI=1S/C22H24N2O3/c1-5-18-9-7-10-19(14-18)24(15-21(25)23-4)22(26)12-13-27-20-11-6-8-16(2)17(20)3/h1,6-11,14H,12-13,15H2,2-4H3,(H,23,25). The Hall–Kier alpha value is -3.26. The number of benzene rings is 2. The summed E-state index contributed by atoms with van der Waals surface area (Å²) in [6.45, 7) is 4.14. The van der Waals surface area contributed by atoms with Gasteiger partial charge in [0, 0.05) is 18.3 Å². The van der Waals surface area contributed by atoms with Crippen molar-refractivity contribution < 1.29 is 14.3 Å². The normalized spacial score (nSPS) is 10.0. The Morgan fingerprint density at radius 3 is 2.63 bits per heavy atom. The lowest BCUT2D eigenvalue weighted by molar-refractivity contribution is -0.123. The van der Waals surface area contributed by atoms with E-state index in [9.17, 15) is 9.59 Å². The lowest BCUT2D eigenvalue weighted by Crippen LogP contribution is -2.40. The number of likely N-dealkylation sites (N-methyl/N-ethyl adjacent to an activating group) is 1. The van der Waals surface area contributed by atoms with Gasteiger partial charge in [0.1, 0.15) is 12.3 Å². The summed E-state index contributed by atoms with van der Waals surface area (Å²) in [5, 5.41) is 2.54. The van der Waals surface area contributed by atoms with Gasteiger partial charge in [-0.1, -0.05) is 24.1 Å². The Morgan fingerprint density at radius 2 is 1.93 bits per heavy atom. The molecule has 5 nitrogen and oxygen atoms in total. The molecule has 0 heterocycles. The van der Waals surface area contributed by atoms with E-state index in [1.165, 1.54) is 11.9 Å². The number of rotatable bonds is 7. The fraction of sp³-hybridized carbons (Fsp3) is 0.273. The topological polar surface area (TPSA) is 58.6 Å². The molecule has 140 valence electrons. The molecule has 2 aromatic rings. The van der Waals surface area contributed by atoms with Gasteiger partial charge in [0.2, 0.25) is 11.8 Å². The maximum absolute atomic E-state index is 12.8. The number of carbonyl (C=O) groups excluding carboxylic acids is 2. The average molecular weight is 364 g/mol. The number of aryl methyl sites for hydroxylation is 1. The van der Waals surface area contributed by atoms with Crippen LogP contribution in [0, 0.1) is 26.2 Å². The monoisotopic (exact) mass is 364 g/mol. The van der Waals surface area contributed by atoms with Gasteiger partial charge in [-0.15, -0.1) is 6.42 Å². The SMILES string of the molecule is C#Cc1cccc(N(CC(=O)NC)C(=O)CCOc2cccc(C)c2C)c1. The minimum atomic E-state index is -0.259. The van der Waals surface area contributed by atoms with Crippen molar-refractivity contribution in [1.29, 1.82) is 0 Å². The first-order valence-electron chi connectivity index (χ1n) is 8.73. The minimum absolute atomic E-state index is 0.0766. The maximum atomic E-state index is 12.8. The van der Waals surface area contributed by atoms with Gasteiger partial charge in [-0.05, 0) is 49.2 Å². The molecule has 2 amide bonds. The molecule has 0 saturated heterocycles. The molecule has 0 fully saturated rings. The van der Waals surface area contributed by atoms with E-state index >= 15 is 0 Å². The van der Waals surface area contributed by atoms with Gasteiger partial charge in [-0.3, -0.25) is 9.59 Å². The van der Waals surface area contributed by atoms with Crippen molar-refractivity contribution in [2.45, 2.75) is 20.3 Å². The number of carbonyl (C=O) groups is 2. The molecule has 27 heavy (non-hydrogen) atoms. The first kappa shape index (κ1) is 20.1. The largest absolute Gasteiger partial charge is 0.493 e. The van der Waals surface area contributed by atoms with E-state index in [4.69, 9.17) is 11.2 Å². The zero-order valence-corrected chi connectivity index (χ0v) is 15.9. The van der Waals surface area contributed by atoms with Crippen LogP contribution < -0.4 is 15.0 Å². The molecule has 0 saturated carbocycles. The molecule has 0 aromatic heterocycles. The molecular weight excluding hydrogens is 340 g/mol. The van der Waals surface area contributed by atoms with Crippen molar-refractivity contribution in [3.63, 3.8) is 0 Å². The highest BCUT2D eigenvalue weighted by Gasteiger charge is 2.19. The summed E-state index contributed by atoms with van der Waals surface area (Å²) in [5.41, 5.74) is 3.42. The number of amides is 2. The summed E-state index contributed by atoms with van der Waals surface area (Å²) in [5.74, 6) is 2.83. The molecule has 0 atom stereocenters. The zero-order valence-electron chi connectivity index (χ0n) is 15.9. The predicted molar refractivity (Wildman–Crippen MR) is 107 cm³/mol. The number of nitrogens with zero attached hydrogens (tertiary/aromatic N) is 1. The Labute approximate surface area is 160 Å². The van der Waals surface area contributed by atoms with Gasteiger partial charge in [-0.2, -0.15) is 0 Å². The van der Waals surface area contributed by atoms with E-state index in [0.29, 0.717) is 11.3 Å². The number of terminal acetylenes is 1. The summed E-state index contributed by atoms with van der Waals surface area (Å²) < 4.78 is 5.77. The summed E-state index contributed by atoms with van der Waals surface area (Å²) in [7, 11) is 1.53. The van der Waals surface area contributed by atoms with Crippen LogP contribution in [-0.4, -0.2) is 32.0 Å². The van der Waals surface area contributed by atoms with Crippen LogP contribution in [-0.2, 0) is 9.59 Å². The Balaban J connectivity index is 2.10. The Morgan fingerprint density at radius 1 is 1.19 bits per heavy atom. The number of nitrogens with one attached hydrogen (secondary N) is 1. The number of anilines is 1. The molecule has 0 spiro atoms. The first-order valence-corrected chi connectivity index (χ1v) is 8.73. The second-order valence-corrected chi connectivity index (χ2v) is 6.14. The van der Waals surface area contributed by atoms with Crippen molar-refractivity contribution in [1.82, 2.24) is 5.32 Å². The average Bonchev–Trinajstić information content (AvgIpc) is 2.69. The molecule has 0 bridgehead atoms. The van der Waals surface area contributed by atoms with Crippen LogP contribution in [0.5, 0.6) is 5.75 Å². The smallest absolute Gasteiger partial charge is 0.239 e. The quantitative estimate of drug-likeness (QED) is 0.769. The van der Waals surface area contributed by atoms with Gasteiger partial charge < -0.3 is 15.0 Å².